The van der Waals surface area contributed by atoms with Crippen molar-refractivity contribution in [1.82, 2.24) is 4.90 Å². The fourth-order valence-corrected chi connectivity index (χ4v) is 2.12. The number of hydrogen-bond acceptors (Lipinski definition) is 3. The summed E-state index contributed by atoms with van der Waals surface area (Å²) in [7, 11) is 0. The van der Waals surface area contributed by atoms with Gasteiger partial charge in [-0.15, -0.1) is 0 Å². The molecule has 0 aliphatic heterocycles. The van der Waals surface area contributed by atoms with Crippen LogP contribution in [-0.4, -0.2) is 29.4 Å². The molecule has 0 bridgehead atoms. The van der Waals surface area contributed by atoms with Crippen LogP contribution in [0.2, 0.25) is 0 Å². The van der Waals surface area contributed by atoms with Gasteiger partial charge in [-0.05, 0) is 19.8 Å². The molecule has 15 heavy (non-hydrogen) atoms. The third-order valence-electron chi connectivity index (χ3n) is 3.08. The Hall–Kier alpha value is -1.08. The third kappa shape index (κ3) is 2.69. The van der Waals surface area contributed by atoms with Crippen molar-refractivity contribution in [2.24, 2.45) is 5.73 Å². The van der Waals surface area contributed by atoms with Gasteiger partial charge in [0.25, 0.3) is 0 Å². The van der Waals surface area contributed by atoms with Gasteiger partial charge in [0.2, 0.25) is 5.91 Å². The fraction of sp³-hybridized carbons (Fsp3) is 0.818. The lowest BCUT2D eigenvalue weighted by Crippen LogP contribution is -2.53. The summed E-state index contributed by atoms with van der Waals surface area (Å²) in [4.78, 5) is 13.8. The molecule has 0 atom stereocenters. The van der Waals surface area contributed by atoms with Crippen molar-refractivity contribution in [2.75, 3.05) is 13.1 Å². The first-order valence-corrected chi connectivity index (χ1v) is 5.59. The molecule has 0 aromatic rings. The molecule has 84 valence electrons. The lowest BCUT2D eigenvalue weighted by Gasteiger charge is -2.30. The Kier molecular flexibility index (Phi) is 4.10. The number of amides is 1. The standard InChI is InChI=1S/C11H19N3O/c1-2-14(9-5-8-12)10(15)11(13)6-3-4-7-11/h2-7,9,13H2,1H3. The molecule has 1 fully saturated rings. The van der Waals surface area contributed by atoms with Crippen molar-refractivity contribution in [1.29, 1.82) is 5.26 Å². The van der Waals surface area contributed by atoms with Gasteiger partial charge in [-0.2, -0.15) is 5.26 Å². The molecule has 1 saturated carbocycles. The number of carbonyl (C=O) groups excluding carboxylic acids is 1. The molecule has 1 amide bonds. The quantitative estimate of drug-likeness (QED) is 0.751. The number of carbonyl (C=O) groups is 1. The molecule has 0 radical (unpaired) electrons. The minimum absolute atomic E-state index is 0.0257. The molecular formula is C11H19N3O. The van der Waals surface area contributed by atoms with Crippen LogP contribution < -0.4 is 5.73 Å². The van der Waals surface area contributed by atoms with E-state index in [2.05, 4.69) is 6.07 Å². The average molecular weight is 209 g/mol. The van der Waals surface area contributed by atoms with E-state index in [1.165, 1.54) is 0 Å². The Balaban J connectivity index is 2.60. The van der Waals surface area contributed by atoms with Crippen LogP contribution in [0.3, 0.4) is 0 Å². The highest BCUT2D eigenvalue weighted by Crippen LogP contribution is 2.28. The van der Waals surface area contributed by atoms with Gasteiger partial charge in [-0.25, -0.2) is 0 Å². The van der Waals surface area contributed by atoms with Crippen LogP contribution in [0.1, 0.15) is 39.0 Å². The highest BCUT2D eigenvalue weighted by Gasteiger charge is 2.39. The van der Waals surface area contributed by atoms with Gasteiger partial charge in [0.05, 0.1) is 18.0 Å². The van der Waals surface area contributed by atoms with Crippen molar-refractivity contribution in [3.8, 4) is 6.07 Å². The van der Waals surface area contributed by atoms with E-state index < -0.39 is 5.54 Å². The van der Waals surface area contributed by atoms with Crippen LogP contribution in [0.15, 0.2) is 0 Å². The molecule has 2 N–H and O–H groups in total. The summed E-state index contributed by atoms with van der Waals surface area (Å²) in [6.45, 7) is 3.07. The molecule has 4 heteroatoms. The molecule has 0 aromatic carbocycles. The normalized spacial score (nSPS) is 18.5. The topological polar surface area (TPSA) is 70.1 Å². The molecule has 0 saturated heterocycles. The summed E-state index contributed by atoms with van der Waals surface area (Å²) in [5.74, 6) is 0.0257. The Morgan fingerprint density at radius 3 is 2.60 bits per heavy atom. The van der Waals surface area contributed by atoms with Crippen molar-refractivity contribution in [3.05, 3.63) is 0 Å². The van der Waals surface area contributed by atoms with Crippen molar-refractivity contribution < 1.29 is 4.79 Å². The lowest BCUT2D eigenvalue weighted by molar-refractivity contribution is -0.136. The molecule has 0 unspecified atom stereocenters. The molecule has 0 heterocycles. The van der Waals surface area contributed by atoms with Crippen LogP contribution >= 0.6 is 0 Å². The monoisotopic (exact) mass is 209 g/mol. The van der Waals surface area contributed by atoms with Crippen molar-refractivity contribution in [3.63, 3.8) is 0 Å². The molecule has 4 nitrogen and oxygen atoms in total. The van der Waals surface area contributed by atoms with E-state index >= 15 is 0 Å². The number of likely N-dealkylation sites (N-methyl/N-ethyl adjacent to an activating group) is 1. The smallest absolute Gasteiger partial charge is 0.242 e. The summed E-state index contributed by atoms with van der Waals surface area (Å²) >= 11 is 0. The Morgan fingerprint density at radius 2 is 2.13 bits per heavy atom. The molecule has 0 aromatic heterocycles. The second-order valence-electron chi connectivity index (χ2n) is 4.16. The SMILES string of the molecule is CCN(CCC#N)C(=O)C1(N)CCCC1. The summed E-state index contributed by atoms with van der Waals surface area (Å²) in [6, 6.07) is 2.06. The molecule has 0 spiro atoms. The first-order valence-electron chi connectivity index (χ1n) is 5.59. The largest absolute Gasteiger partial charge is 0.340 e. The minimum atomic E-state index is -0.647. The van der Waals surface area contributed by atoms with Gasteiger partial charge in [0.15, 0.2) is 0 Å². The summed E-state index contributed by atoms with van der Waals surface area (Å²) in [5, 5.41) is 8.50. The Bertz CT molecular complexity index is 263. The predicted molar refractivity (Wildman–Crippen MR) is 57.9 cm³/mol. The molecule has 1 aliphatic rings. The maximum Gasteiger partial charge on any atom is 0.242 e. The summed E-state index contributed by atoms with van der Waals surface area (Å²) in [5.41, 5.74) is 5.43. The molecular weight excluding hydrogens is 190 g/mol. The zero-order valence-electron chi connectivity index (χ0n) is 9.33. The van der Waals surface area contributed by atoms with Gasteiger partial charge in [-0.1, -0.05) is 12.8 Å². The molecule has 1 aliphatic carbocycles. The van der Waals surface area contributed by atoms with E-state index in [9.17, 15) is 4.79 Å². The van der Waals surface area contributed by atoms with Gasteiger partial charge >= 0.3 is 0 Å². The zero-order valence-corrected chi connectivity index (χ0v) is 9.33. The lowest BCUT2D eigenvalue weighted by atomic mass is 9.97. The first-order chi connectivity index (χ1) is 7.14. The number of rotatable bonds is 4. The number of nitrogens with two attached hydrogens (primary N) is 1. The summed E-state index contributed by atoms with van der Waals surface area (Å²) in [6.07, 6.45) is 4.04. The average Bonchev–Trinajstić information content (AvgIpc) is 2.67. The highest BCUT2D eigenvalue weighted by atomic mass is 16.2. The maximum absolute atomic E-state index is 12.1. The van der Waals surface area contributed by atoms with Gasteiger partial charge in [0, 0.05) is 13.1 Å². The highest BCUT2D eigenvalue weighted by molar-refractivity contribution is 5.86. The first kappa shape index (κ1) is 12.0. The van der Waals surface area contributed by atoms with E-state index in [0.717, 1.165) is 25.7 Å². The van der Waals surface area contributed by atoms with Crippen molar-refractivity contribution in [2.45, 2.75) is 44.6 Å². The number of nitriles is 1. The number of nitrogens with zero attached hydrogens (tertiary/aromatic N) is 2. The maximum atomic E-state index is 12.1. The predicted octanol–water partition coefficient (Wildman–Crippen LogP) is 1.02. The van der Waals surface area contributed by atoms with Crippen molar-refractivity contribution >= 4 is 5.91 Å². The van der Waals surface area contributed by atoms with Crippen LogP contribution in [0.5, 0.6) is 0 Å². The Morgan fingerprint density at radius 1 is 1.53 bits per heavy atom. The second-order valence-corrected chi connectivity index (χ2v) is 4.16. The fourth-order valence-electron chi connectivity index (χ4n) is 2.12. The Labute approximate surface area is 91.0 Å². The zero-order chi connectivity index (χ0) is 11.3. The van der Waals surface area contributed by atoms with E-state index in [1.807, 2.05) is 6.92 Å². The van der Waals surface area contributed by atoms with Crippen LogP contribution in [0.4, 0.5) is 0 Å². The summed E-state index contributed by atoms with van der Waals surface area (Å²) < 4.78 is 0. The van der Waals surface area contributed by atoms with Gasteiger partial charge in [0.1, 0.15) is 0 Å². The van der Waals surface area contributed by atoms with Crippen LogP contribution in [-0.2, 0) is 4.79 Å². The van der Waals surface area contributed by atoms with E-state index in [-0.39, 0.29) is 5.91 Å². The molecule has 1 rings (SSSR count). The van der Waals surface area contributed by atoms with Gasteiger partial charge in [-0.3, -0.25) is 4.79 Å². The third-order valence-corrected chi connectivity index (χ3v) is 3.08. The van der Waals surface area contributed by atoms with E-state index in [1.54, 1.807) is 4.90 Å². The number of hydrogen-bond donors (Lipinski definition) is 1. The van der Waals surface area contributed by atoms with E-state index in [4.69, 9.17) is 11.0 Å². The van der Waals surface area contributed by atoms with Gasteiger partial charge < -0.3 is 10.6 Å². The van der Waals surface area contributed by atoms with E-state index in [0.29, 0.717) is 19.5 Å². The van der Waals surface area contributed by atoms with Crippen LogP contribution in [0.25, 0.3) is 0 Å². The second kappa shape index (κ2) is 5.13. The van der Waals surface area contributed by atoms with Crippen LogP contribution in [0, 0.1) is 11.3 Å². The minimum Gasteiger partial charge on any atom is -0.340 e.